The molecule has 1 aliphatic rings. The zero-order valence-electron chi connectivity index (χ0n) is 16.1. The minimum absolute atomic E-state index is 0.0457. The molecule has 1 atom stereocenters. The number of ether oxygens (including phenoxy) is 3. The van der Waals surface area contributed by atoms with E-state index in [0.717, 1.165) is 16.9 Å². The fourth-order valence-electron chi connectivity index (χ4n) is 3.25. The van der Waals surface area contributed by atoms with Crippen LogP contribution in [0.2, 0.25) is 0 Å². The highest BCUT2D eigenvalue weighted by molar-refractivity contribution is 5.79. The number of carbonyl (C=O) groups excluding carboxylic acids is 1. The van der Waals surface area contributed by atoms with Crippen molar-refractivity contribution >= 4 is 5.91 Å². The van der Waals surface area contributed by atoms with Crippen LogP contribution in [0.3, 0.4) is 0 Å². The van der Waals surface area contributed by atoms with Gasteiger partial charge in [0.15, 0.2) is 0 Å². The van der Waals surface area contributed by atoms with E-state index in [1.165, 1.54) is 0 Å². The van der Waals surface area contributed by atoms with Crippen LogP contribution in [-0.4, -0.2) is 24.6 Å². The molecule has 148 valence electrons. The molecule has 1 N–H and O–H groups in total. The fraction of sp³-hybridized carbons (Fsp3) is 0.217. The SMILES string of the molecule is COc1cccc(Oc2ncccc2CNC(=O)C2COc3ccccc3C2)c1. The van der Waals surface area contributed by atoms with Gasteiger partial charge in [-0.05, 0) is 36.2 Å². The Bertz CT molecular complexity index is 1010. The normalized spacial score (nSPS) is 15.0. The number of nitrogens with zero attached hydrogens (tertiary/aromatic N) is 1. The summed E-state index contributed by atoms with van der Waals surface area (Å²) in [4.78, 5) is 17.0. The summed E-state index contributed by atoms with van der Waals surface area (Å²) in [5.41, 5.74) is 1.85. The Balaban J connectivity index is 1.40. The fourth-order valence-corrected chi connectivity index (χ4v) is 3.25. The molecule has 2 heterocycles. The van der Waals surface area contributed by atoms with Crippen LogP contribution < -0.4 is 19.5 Å². The van der Waals surface area contributed by atoms with Gasteiger partial charge < -0.3 is 19.5 Å². The van der Waals surface area contributed by atoms with Crippen LogP contribution in [0.15, 0.2) is 66.9 Å². The Morgan fingerprint density at radius 2 is 2.00 bits per heavy atom. The molecule has 0 bridgehead atoms. The van der Waals surface area contributed by atoms with Gasteiger partial charge in [-0.15, -0.1) is 0 Å². The average Bonchev–Trinajstić information content (AvgIpc) is 2.78. The van der Waals surface area contributed by atoms with E-state index in [1.54, 1.807) is 19.4 Å². The van der Waals surface area contributed by atoms with Gasteiger partial charge in [-0.3, -0.25) is 4.79 Å². The number of rotatable bonds is 6. The third-order valence-electron chi connectivity index (χ3n) is 4.81. The molecular formula is C23H22N2O4. The van der Waals surface area contributed by atoms with Crippen molar-refractivity contribution in [1.82, 2.24) is 10.3 Å². The van der Waals surface area contributed by atoms with Gasteiger partial charge in [0, 0.05) is 24.4 Å². The minimum atomic E-state index is -0.218. The molecular weight excluding hydrogens is 368 g/mol. The lowest BCUT2D eigenvalue weighted by molar-refractivity contribution is -0.126. The molecule has 6 nitrogen and oxygen atoms in total. The standard InChI is InChI=1S/C23H22N2O4/c1-27-19-8-4-9-20(13-19)29-23-17(7-5-11-24-23)14-25-22(26)18-12-16-6-2-3-10-21(16)28-15-18/h2-11,13,18H,12,14-15H2,1H3,(H,25,26). The van der Waals surface area contributed by atoms with E-state index in [0.29, 0.717) is 37.0 Å². The van der Waals surface area contributed by atoms with E-state index in [-0.39, 0.29) is 11.8 Å². The third-order valence-corrected chi connectivity index (χ3v) is 4.81. The molecule has 1 unspecified atom stereocenters. The lowest BCUT2D eigenvalue weighted by Crippen LogP contribution is -2.37. The summed E-state index contributed by atoms with van der Waals surface area (Å²) in [6.07, 6.45) is 2.33. The van der Waals surface area contributed by atoms with E-state index in [2.05, 4.69) is 10.3 Å². The number of benzene rings is 2. The topological polar surface area (TPSA) is 69.7 Å². The van der Waals surface area contributed by atoms with Gasteiger partial charge in [-0.1, -0.05) is 30.3 Å². The molecule has 0 saturated heterocycles. The first kappa shape index (κ1) is 18.8. The zero-order valence-corrected chi connectivity index (χ0v) is 16.1. The number of hydrogen-bond donors (Lipinski definition) is 1. The number of hydrogen-bond acceptors (Lipinski definition) is 5. The summed E-state index contributed by atoms with van der Waals surface area (Å²) in [5.74, 6) is 2.36. The van der Waals surface area contributed by atoms with Crippen molar-refractivity contribution in [3.05, 3.63) is 78.0 Å². The second-order valence-electron chi connectivity index (χ2n) is 6.79. The summed E-state index contributed by atoms with van der Waals surface area (Å²) in [5, 5.41) is 2.98. The van der Waals surface area contributed by atoms with E-state index in [1.807, 2.05) is 54.6 Å². The minimum Gasteiger partial charge on any atom is -0.497 e. The highest BCUT2D eigenvalue weighted by Gasteiger charge is 2.25. The predicted octanol–water partition coefficient (Wildman–Crippen LogP) is 3.75. The smallest absolute Gasteiger partial charge is 0.227 e. The summed E-state index contributed by atoms with van der Waals surface area (Å²) in [6.45, 7) is 0.702. The first-order chi connectivity index (χ1) is 14.2. The number of aromatic nitrogens is 1. The summed E-state index contributed by atoms with van der Waals surface area (Å²) in [6, 6.07) is 18.8. The Labute approximate surface area is 169 Å². The highest BCUT2D eigenvalue weighted by atomic mass is 16.5. The Hall–Kier alpha value is -3.54. The number of para-hydroxylation sites is 1. The highest BCUT2D eigenvalue weighted by Crippen LogP contribution is 2.28. The second-order valence-corrected chi connectivity index (χ2v) is 6.79. The lowest BCUT2D eigenvalue weighted by atomic mass is 9.96. The number of nitrogens with one attached hydrogen (secondary N) is 1. The monoisotopic (exact) mass is 390 g/mol. The van der Waals surface area contributed by atoms with Gasteiger partial charge in [-0.2, -0.15) is 0 Å². The average molecular weight is 390 g/mol. The number of pyridine rings is 1. The van der Waals surface area contributed by atoms with Crippen LogP contribution in [0.4, 0.5) is 0 Å². The van der Waals surface area contributed by atoms with Gasteiger partial charge in [0.1, 0.15) is 23.9 Å². The summed E-state index contributed by atoms with van der Waals surface area (Å²) >= 11 is 0. The summed E-state index contributed by atoms with van der Waals surface area (Å²) < 4.78 is 16.9. The van der Waals surface area contributed by atoms with Gasteiger partial charge in [0.2, 0.25) is 11.8 Å². The number of amides is 1. The van der Waals surface area contributed by atoms with Crippen LogP contribution >= 0.6 is 0 Å². The van der Waals surface area contributed by atoms with Crippen LogP contribution in [0.1, 0.15) is 11.1 Å². The van der Waals surface area contributed by atoms with Crippen LogP contribution in [0.5, 0.6) is 23.1 Å². The van der Waals surface area contributed by atoms with Gasteiger partial charge in [-0.25, -0.2) is 4.98 Å². The molecule has 1 aromatic heterocycles. The van der Waals surface area contributed by atoms with E-state index < -0.39 is 0 Å². The predicted molar refractivity (Wildman–Crippen MR) is 108 cm³/mol. The molecule has 4 rings (SSSR count). The molecule has 0 aliphatic carbocycles. The largest absolute Gasteiger partial charge is 0.497 e. The molecule has 6 heteroatoms. The third kappa shape index (κ3) is 4.48. The van der Waals surface area contributed by atoms with Crippen molar-refractivity contribution in [3.63, 3.8) is 0 Å². The van der Waals surface area contributed by atoms with E-state index in [9.17, 15) is 4.79 Å². The van der Waals surface area contributed by atoms with Gasteiger partial charge >= 0.3 is 0 Å². The zero-order chi connectivity index (χ0) is 20.1. The molecule has 1 aliphatic heterocycles. The first-order valence-electron chi connectivity index (χ1n) is 9.47. The number of carbonyl (C=O) groups is 1. The number of methoxy groups -OCH3 is 1. The van der Waals surface area contributed by atoms with Crippen LogP contribution in [0.25, 0.3) is 0 Å². The molecule has 0 saturated carbocycles. The molecule has 0 spiro atoms. The van der Waals surface area contributed by atoms with Crippen molar-refractivity contribution in [2.45, 2.75) is 13.0 Å². The maximum atomic E-state index is 12.7. The molecule has 2 aromatic carbocycles. The maximum Gasteiger partial charge on any atom is 0.227 e. The lowest BCUT2D eigenvalue weighted by Gasteiger charge is -2.24. The van der Waals surface area contributed by atoms with Crippen LogP contribution in [-0.2, 0) is 17.8 Å². The molecule has 0 radical (unpaired) electrons. The second kappa shape index (κ2) is 8.65. The van der Waals surface area contributed by atoms with Crippen LogP contribution in [0, 0.1) is 5.92 Å². The Morgan fingerprint density at radius 3 is 2.90 bits per heavy atom. The molecule has 1 amide bonds. The Kier molecular flexibility index (Phi) is 5.61. The van der Waals surface area contributed by atoms with E-state index in [4.69, 9.17) is 14.2 Å². The van der Waals surface area contributed by atoms with Crippen molar-refractivity contribution in [2.24, 2.45) is 5.92 Å². The summed E-state index contributed by atoms with van der Waals surface area (Å²) in [7, 11) is 1.61. The van der Waals surface area contributed by atoms with Gasteiger partial charge in [0.05, 0.1) is 13.0 Å². The quantitative estimate of drug-likeness (QED) is 0.694. The maximum absolute atomic E-state index is 12.7. The van der Waals surface area contributed by atoms with E-state index >= 15 is 0 Å². The van der Waals surface area contributed by atoms with Crippen molar-refractivity contribution < 1.29 is 19.0 Å². The first-order valence-corrected chi connectivity index (χ1v) is 9.47. The Morgan fingerprint density at radius 1 is 1.14 bits per heavy atom. The van der Waals surface area contributed by atoms with Crippen molar-refractivity contribution in [3.8, 4) is 23.1 Å². The molecule has 3 aromatic rings. The molecule has 29 heavy (non-hydrogen) atoms. The van der Waals surface area contributed by atoms with Gasteiger partial charge in [0.25, 0.3) is 0 Å². The molecule has 0 fully saturated rings. The van der Waals surface area contributed by atoms with Crippen molar-refractivity contribution in [2.75, 3.05) is 13.7 Å². The van der Waals surface area contributed by atoms with Crippen molar-refractivity contribution in [1.29, 1.82) is 0 Å². The number of fused-ring (bicyclic) bond motifs is 1.